The molecule has 5 rings (SSSR count). The lowest BCUT2D eigenvalue weighted by atomic mass is 9.53. The zero-order valence-corrected chi connectivity index (χ0v) is 17.8. The Labute approximate surface area is 173 Å². The average Bonchev–Trinajstić information content (AvgIpc) is 3.39. The number of rotatable bonds is 6. The SMILES string of the molecule is COc1ccc(CCNC[C@H]2C(=O)O[C@@H]3C[C@@]4(C)CCC[C@H](C)[C@]45O[C@@H]5[C@@H]32)cc1. The highest BCUT2D eigenvalue weighted by Crippen LogP contribution is 2.70. The van der Waals surface area contributed by atoms with Crippen molar-refractivity contribution >= 4 is 5.97 Å². The summed E-state index contributed by atoms with van der Waals surface area (Å²) in [5, 5.41) is 3.51. The minimum Gasteiger partial charge on any atom is -0.497 e. The Morgan fingerprint density at radius 1 is 1.28 bits per heavy atom. The molecule has 7 atom stereocenters. The molecular formula is C24H33NO4. The second-order valence-electron chi connectivity index (χ2n) is 9.85. The highest BCUT2D eigenvalue weighted by Gasteiger charge is 2.78. The molecule has 1 spiro atoms. The molecule has 5 nitrogen and oxygen atoms in total. The van der Waals surface area contributed by atoms with E-state index in [-0.39, 0.29) is 41.0 Å². The van der Waals surface area contributed by atoms with Gasteiger partial charge in [-0.05, 0) is 55.8 Å². The molecule has 1 aromatic rings. The quantitative estimate of drug-likeness (QED) is 0.452. The number of esters is 1. The molecule has 0 unspecified atom stereocenters. The molecule has 2 saturated carbocycles. The minimum absolute atomic E-state index is 0.0122. The van der Waals surface area contributed by atoms with Gasteiger partial charge < -0.3 is 19.5 Å². The lowest BCUT2D eigenvalue weighted by Gasteiger charge is -2.48. The van der Waals surface area contributed by atoms with Crippen molar-refractivity contribution in [1.29, 1.82) is 0 Å². The fourth-order valence-electron chi connectivity index (χ4n) is 6.75. The van der Waals surface area contributed by atoms with Gasteiger partial charge in [0.2, 0.25) is 0 Å². The van der Waals surface area contributed by atoms with Gasteiger partial charge in [0.05, 0.1) is 19.1 Å². The fourth-order valence-corrected chi connectivity index (χ4v) is 6.75. The molecule has 1 aromatic carbocycles. The van der Waals surface area contributed by atoms with E-state index in [1.807, 2.05) is 12.1 Å². The predicted octanol–water partition coefficient (Wildman–Crippen LogP) is 3.35. The van der Waals surface area contributed by atoms with E-state index in [1.165, 1.54) is 24.8 Å². The van der Waals surface area contributed by atoms with Crippen molar-refractivity contribution in [3.05, 3.63) is 29.8 Å². The summed E-state index contributed by atoms with van der Waals surface area (Å²) in [6.45, 7) is 6.24. The summed E-state index contributed by atoms with van der Waals surface area (Å²) >= 11 is 0. The van der Waals surface area contributed by atoms with Gasteiger partial charge in [0.15, 0.2) is 0 Å². The second-order valence-corrected chi connectivity index (χ2v) is 9.85. The van der Waals surface area contributed by atoms with E-state index in [0.29, 0.717) is 12.5 Å². The lowest BCUT2D eigenvalue weighted by Crippen LogP contribution is -2.54. The summed E-state index contributed by atoms with van der Waals surface area (Å²) in [6, 6.07) is 8.16. The molecule has 0 aromatic heterocycles. The summed E-state index contributed by atoms with van der Waals surface area (Å²) in [6.07, 6.45) is 5.82. The molecule has 0 bridgehead atoms. The van der Waals surface area contributed by atoms with Crippen molar-refractivity contribution in [1.82, 2.24) is 5.32 Å². The van der Waals surface area contributed by atoms with Crippen molar-refractivity contribution in [2.45, 2.75) is 63.8 Å². The van der Waals surface area contributed by atoms with Crippen LogP contribution in [0.4, 0.5) is 0 Å². The fraction of sp³-hybridized carbons (Fsp3) is 0.708. The first-order valence-electron chi connectivity index (χ1n) is 11.2. The number of nitrogens with one attached hydrogen (secondary N) is 1. The maximum atomic E-state index is 12.7. The Morgan fingerprint density at radius 3 is 2.83 bits per heavy atom. The summed E-state index contributed by atoms with van der Waals surface area (Å²) in [7, 11) is 1.68. The number of epoxide rings is 1. The van der Waals surface area contributed by atoms with Gasteiger partial charge in [-0.1, -0.05) is 32.4 Å². The number of carbonyl (C=O) groups is 1. The number of carbonyl (C=O) groups excluding carboxylic acids is 1. The maximum Gasteiger partial charge on any atom is 0.311 e. The smallest absolute Gasteiger partial charge is 0.311 e. The molecule has 5 heteroatoms. The van der Waals surface area contributed by atoms with E-state index in [9.17, 15) is 4.79 Å². The average molecular weight is 400 g/mol. The minimum atomic E-state index is -0.0843. The molecule has 158 valence electrons. The molecule has 2 heterocycles. The standard InChI is InChI=1S/C24H33NO4/c1-15-5-4-11-23(2)13-19-20(21-24(15,23)29-21)18(22(26)28-19)14-25-12-10-16-6-8-17(27-3)9-7-16/h6-9,15,18-21,25H,4-5,10-14H2,1-3H3/t15-,18+,19+,20+,21+,23+,24+/m0/s1. The van der Waals surface area contributed by atoms with Crippen LogP contribution >= 0.6 is 0 Å². The van der Waals surface area contributed by atoms with Crippen LogP contribution in [0.5, 0.6) is 5.75 Å². The lowest BCUT2D eigenvalue weighted by molar-refractivity contribution is -0.146. The molecule has 2 aliphatic heterocycles. The predicted molar refractivity (Wildman–Crippen MR) is 110 cm³/mol. The molecule has 4 fully saturated rings. The Morgan fingerprint density at radius 2 is 2.07 bits per heavy atom. The Bertz CT molecular complexity index is 780. The summed E-state index contributed by atoms with van der Waals surface area (Å²) in [5.41, 5.74) is 1.41. The first-order valence-corrected chi connectivity index (χ1v) is 11.2. The highest BCUT2D eigenvalue weighted by molar-refractivity contribution is 5.76. The van der Waals surface area contributed by atoms with Gasteiger partial charge in [0, 0.05) is 17.9 Å². The van der Waals surface area contributed by atoms with Crippen LogP contribution < -0.4 is 10.1 Å². The van der Waals surface area contributed by atoms with Crippen LogP contribution in [-0.2, 0) is 20.7 Å². The Balaban J connectivity index is 1.21. The molecule has 0 amide bonds. The van der Waals surface area contributed by atoms with Crippen LogP contribution in [0.25, 0.3) is 0 Å². The monoisotopic (exact) mass is 399 g/mol. The van der Waals surface area contributed by atoms with Crippen LogP contribution in [0.3, 0.4) is 0 Å². The summed E-state index contributed by atoms with van der Waals surface area (Å²) in [4.78, 5) is 12.7. The van der Waals surface area contributed by atoms with Gasteiger partial charge >= 0.3 is 5.97 Å². The van der Waals surface area contributed by atoms with Gasteiger partial charge in [0.25, 0.3) is 0 Å². The summed E-state index contributed by atoms with van der Waals surface area (Å²) < 4.78 is 17.6. The van der Waals surface area contributed by atoms with E-state index in [0.717, 1.165) is 25.1 Å². The summed E-state index contributed by atoms with van der Waals surface area (Å²) in [5.74, 6) is 1.55. The Hall–Kier alpha value is -1.59. The van der Waals surface area contributed by atoms with Crippen LogP contribution in [0.15, 0.2) is 24.3 Å². The van der Waals surface area contributed by atoms with E-state index >= 15 is 0 Å². The molecular weight excluding hydrogens is 366 g/mol. The zero-order chi connectivity index (χ0) is 20.2. The number of hydrogen-bond donors (Lipinski definition) is 1. The largest absolute Gasteiger partial charge is 0.497 e. The zero-order valence-electron chi connectivity index (χ0n) is 17.8. The van der Waals surface area contributed by atoms with Gasteiger partial charge in [-0.3, -0.25) is 4.79 Å². The second kappa shape index (κ2) is 6.98. The molecule has 1 N–H and O–H groups in total. The third-order valence-corrected chi connectivity index (χ3v) is 8.31. The third kappa shape index (κ3) is 2.92. The van der Waals surface area contributed by atoms with Crippen molar-refractivity contribution < 1.29 is 19.0 Å². The van der Waals surface area contributed by atoms with Gasteiger partial charge in [-0.15, -0.1) is 0 Å². The van der Waals surface area contributed by atoms with Crippen LogP contribution in [0.1, 0.15) is 45.1 Å². The normalized spacial score (nSPS) is 42.4. The number of fused-ring (bicyclic) bond motifs is 2. The topological polar surface area (TPSA) is 60.1 Å². The van der Waals surface area contributed by atoms with Gasteiger partial charge in [-0.2, -0.15) is 0 Å². The molecule has 4 aliphatic rings. The van der Waals surface area contributed by atoms with Crippen LogP contribution in [0.2, 0.25) is 0 Å². The molecule has 2 saturated heterocycles. The number of hydrogen-bond acceptors (Lipinski definition) is 5. The van der Waals surface area contributed by atoms with Crippen molar-refractivity contribution in [2.24, 2.45) is 23.2 Å². The van der Waals surface area contributed by atoms with Crippen molar-refractivity contribution in [3.8, 4) is 5.75 Å². The van der Waals surface area contributed by atoms with Crippen molar-refractivity contribution in [3.63, 3.8) is 0 Å². The van der Waals surface area contributed by atoms with Crippen molar-refractivity contribution in [2.75, 3.05) is 20.2 Å². The van der Waals surface area contributed by atoms with E-state index in [1.54, 1.807) is 7.11 Å². The van der Waals surface area contributed by atoms with Gasteiger partial charge in [-0.25, -0.2) is 0 Å². The maximum absolute atomic E-state index is 12.7. The molecule has 29 heavy (non-hydrogen) atoms. The third-order valence-electron chi connectivity index (χ3n) is 8.31. The van der Waals surface area contributed by atoms with Crippen LogP contribution in [-0.4, -0.2) is 44.0 Å². The number of ether oxygens (including phenoxy) is 3. The Kier molecular flexibility index (Phi) is 4.67. The molecule has 2 aliphatic carbocycles. The van der Waals surface area contributed by atoms with E-state index in [4.69, 9.17) is 14.2 Å². The highest BCUT2D eigenvalue weighted by atomic mass is 16.6. The van der Waals surface area contributed by atoms with Crippen LogP contribution in [0, 0.1) is 23.2 Å². The first kappa shape index (κ1) is 19.4. The number of methoxy groups -OCH3 is 1. The first-order chi connectivity index (χ1) is 14.0. The van der Waals surface area contributed by atoms with Gasteiger partial charge in [0.1, 0.15) is 17.5 Å². The van der Waals surface area contributed by atoms with E-state index in [2.05, 4.69) is 31.3 Å². The molecule has 0 radical (unpaired) electrons. The number of benzene rings is 1. The van der Waals surface area contributed by atoms with E-state index < -0.39 is 0 Å².